The van der Waals surface area contributed by atoms with Gasteiger partial charge in [-0.1, -0.05) is 0 Å². The summed E-state index contributed by atoms with van der Waals surface area (Å²) in [5.74, 6) is -0.631. The van der Waals surface area contributed by atoms with Crippen molar-refractivity contribution in [1.82, 2.24) is 0 Å². The van der Waals surface area contributed by atoms with E-state index in [1.165, 1.54) is 17.4 Å². The normalized spacial score (nSPS) is 10.6. The number of nitrogens with one attached hydrogen (secondary N) is 1. The van der Waals surface area contributed by atoms with Crippen LogP contribution in [0.5, 0.6) is 0 Å². The lowest BCUT2D eigenvalue weighted by Crippen LogP contribution is -2.11. The predicted octanol–water partition coefficient (Wildman–Crippen LogP) is 5.28. The van der Waals surface area contributed by atoms with Gasteiger partial charge in [0, 0.05) is 5.69 Å². The van der Waals surface area contributed by atoms with E-state index in [-0.39, 0.29) is 5.91 Å². The van der Waals surface area contributed by atoms with E-state index in [4.69, 9.17) is 0 Å². The molecule has 0 aliphatic carbocycles. The number of aryl methyl sites for hydroxylation is 2. The van der Waals surface area contributed by atoms with Gasteiger partial charge in [-0.05, 0) is 75.0 Å². The molecule has 0 bridgehead atoms. The second-order valence-corrected chi connectivity index (χ2v) is 7.33. The molecule has 6 heteroatoms. The fourth-order valence-corrected chi connectivity index (χ4v) is 3.42. The van der Waals surface area contributed by atoms with Gasteiger partial charge >= 0.3 is 0 Å². The van der Waals surface area contributed by atoms with E-state index in [1.807, 2.05) is 13.8 Å². The molecule has 100 valence electrons. The molecular weight excluding hydrogens is 397 g/mol. The van der Waals surface area contributed by atoms with E-state index in [0.29, 0.717) is 15.0 Å². The summed E-state index contributed by atoms with van der Waals surface area (Å²) in [5.41, 5.74) is 2.29. The topological polar surface area (TPSA) is 29.1 Å². The van der Waals surface area contributed by atoms with Gasteiger partial charge in [-0.15, -0.1) is 11.3 Å². The first-order valence-electron chi connectivity index (χ1n) is 5.41. The van der Waals surface area contributed by atoms with Crippen molar-refractivity contribution in [2.24, 2.45) is 0 Å². The Balaban J connectivity index is 2.26. The molecule has 0 aliphatic heterocycles. The number of benzene rings is 1. The van der Waals surface area contributed by atoms with Crippen molar-refractivity contribution in [2.75, 3.05) is 5.32 Å². The van der Waals surface area contributed by atoms with Crippen molar-refractivity contribution in [1.29, 1.82) is 0 Å². The lowest BCUT2D eigenvalue weighted by Gasteiger charge is -2.08. The van der Waals surface area contributed by atoms with Gasteiger partial charge in [-0.3, -0.25) is 4.79 Å². The van der Waals surface area contributed by atoms with Crippen LogP contribution in [0.15, 0.2) is 26.5 Å². The van der Waals surface area contributed by atoms with Gasteiger partial charge in [0.1, 0.15) is 5.82 Å². The predicted molar refractivity (Wildman–Crippen MR) is 83.5 cm³/mol. The van der Waals surface area contributed by atoms with Crippen molar-refractivity contribution in [2.45, 2.75) is 13.8 Å². The largest absolute Gasteiger partial charge is 0.321 e. The second-order valence-electron chi connectivity index (χ2n) is 4.10. The van der Waals surface area contributed by atoms with Gasteiger partial charge in [0.25, 0.3) is 5.91 Å². The fraction of sp³-hybridized carbons (Fsp3) is 0.154. The Hall–Kier alpha value is -0.720. The molecule has 2 aromatic rings. The average molecular weight is 407 g/mol. The van der Waals surface area contributed by atoms with E-state index in [9.17, 15) is 9.18 Å². The number of hydrogen-bond acceptors (Lipinski definition) is 2. The Kier molecular flexibility index (Phi) is 4.43. The summed E-state index contributed by atoms with van der Waals surface area (Å²) in [4.78, 5) is 12.7. The molecule has 2 rings (SSSR count). The smallest absolute Gasteiger partial charge is 0.265 e. The maximum Gasteiger partial charge on any atom is 0.265 e. The quantitative estimate of drug-likeness (QED) is 0.721. The third kappa shape index (κ3) is 3.24. The molecule has 0 spiro atoms. The molecule has 1 aromatic carbocycles. The zero-order valence-electron chi connectivity index (χ0n) is 10.2. The summed E-state index contributed by atoms with van der Waals surface area (Å²) < 4.78 is 14.8. The van der Waals surface area contributed by atoms with Crippen molar-refractivity contribution in [3.63, 3.8) is 0 Å². The number of hydrogen-bond donors (Lipinski definition) is 1. The number of carbonyl (C=O) groups is 1. The van der Waals surface area contributed by atoms with Crippen LogP contribution in [0, 0.1) is 19.7 Å². The summed E-state index contributed by atoms with van der Waals surface area (Å²) >= 11 is 7.85. The zero-order chi connectivity index (χ0) is 14.2. The van der Waals surface area contributed by atoms with Crippen molar-refractivity contribution in [3.05, 3.63) is 48.3 Å². The number of rotatable bonds is 2. The highest BCUT2D eigenvalue weighted by Gasteiger charge is 2.13. The van der Waals surface area contributed by atoms with Crippen LogP contribution in [-0.4, -0.2) is 5.91 Å². The zero-order valence-corrected chi connectivity index (χ0v) is 14.2. The summed E-state index contributed by atoms with van der Waals surface area (Å²) in [6.07, 6.45) is 0. The summed E-state index contributed by atoms with van der Waals surface area (Å²) in [7, 11) is 0. The highest BCUT2D eigenvalue weighted by atomic mass is 79.9. The van der Waals surface area contributed by atoms with Crippen molar-refractivity contribution < 1.29 is 9.18 Å². The number of carbonyl (C=O) groups excluding carboxylic acids is 1. The molecule has 1 N–H and O–H groups in total. The Morgan fingerprint density at radius 2 is 1.89 bits per heavy atom. The first-order chi connectivity index (χ1) is 8.88. The van der Waals surface area contributed by atoms with Crippen molar-refractivity contribution >= 4 is 54.8 Å². The van der Waals surface area contributed by atoms with E-state index >= 15 is 0 Å². The van der Waals surface area contributed by atoms with Gasteiger partial charge in [-0.2, -0.15) is 0 Å². The van der Waals surface area contributed by atoms with E-state index in [2.05, 4.69) is 37.2 Å². The van der Waals surface area contributed by atoms with E-state index in [0.717, 1.165) is 14.9 Å². The number of halogens is 3. The number of thiophene rings is 1. The molecule has 19 heavy (non-hydrogen) atoms. The summed E-state index contributed by atoms with van der Waals surface area (Å²) in [5, 5.41) is 2.72. The average Bonchev–Trinajstić information content (AvgIpc) is 2.67. The minimum atomic E-state index is -0.399. The molecule has 0 radical (unpaired) electrons. The van der Waals surface area contributed by atoms with Crippen LogP contribution < -0.4 is 5.32 Å². The van der Waals surface area contributed by atoms with Gasteiger partial charge in [0.15, 0.2) is 0 Å². The van der Waals surface area contributed by atoms with E-state index in [1.54, 1.807) is 12.1 Å². The van der Waals surface area contributed by atoms with Crippen LogP contribution in [0.3, 0.4) is 0 Å². The van der Waals surface area contributed by atoms with Crippen LogP contribution in [0.1, 0.15) is 20.8 Å². The molecule has 1 aromatic heterocycles. The fourth-order valence-electron chi connectivity index (χ4n) is 1.54. The lowest BCUT2D eigenvalue weighted by molar-refractivity contribution is 0.103. The van der Waals surface area contributed by atoms with Crippen molar-refractivity contribution in [3.8, 4) is 0 Å². The molecule has 1 amide bonds. The van der Waals surface area contributed by atoms with E-state index < -0.39 is 5.82 Å². The highest BCUT2D eigenvalue weighted by Crippen LogP contribution is 2.29. The molecule has 0 unspecified atom stereocenters. The minimum Gasteiger partial charge on any atom is -0.321 e. The standard InChI is InChI=1S/C13H10Br2FNOS/c1-6-3-8(14)9(16)5-10(6)17-13(18)11-4-7(2)12(15)19-11/h3-5H,1-2H3,(H,17,18). The molecular formula is C13H10Br2FNOS. The third-order valence-electron chi connectivity index (χ3n) is 2.60. The second kappa shape index (κ2) is 5.73. The molecule has 0 fully saturated rings. The van der Waals surface area contributed by atoms with Gasteiger partial charge in [0.2, 0.25) is 0 Å². The van der Waals surface area contributed by atoms with Gasteiger partial charge in [0.05, 0.1) is 13.1 Å². The Morgan fingerprint density at radius 1 is 1.21 bits per heavy atom. The maximum absolute atomic E-state index is 13.5. The Morgan fingerprint density at radius 3 is 2.47 bits per heavy atom. The first-order valence-corrected chi connectivity index (χ1v) is 7.81. The van der Waals surface area contributed by atoms with Crippen LogP contribution in [0.2, 0.25) is 0 Å². The summed E-state index contributed by atoms with van der Waals surface area (Å²) in [6.45, 7) is 3.73. The Bertz CT molecular complexity index is 635. The maximum atomic E-state index is 13.5. The highest BCUT2D eigenvalue weighted by molar-refractivity contribution is 9.11. The summed E-state index contributed by atoms with van der Waals surface area (Å²) in [6, 6.07) is 4.75. The first kappa shape index (κ1) is 14.7. The monoisotopic (exact) mass is 405 g/mol. The molecule has 0 aliphatic rings. The number of amides is 1. The lowest BCUT2D eigenvalue weighted by atomic mass is 10.2. The SMILES string of the molecule is Cc1cc(Br)c(F)cc1NC(=O)c1cc(C)c(Br)s1. The Labute approximate surface area is 131 Å². The molecule has 0 saturated carbocycles. The molecule has 2 nitrogen and oxygen atoms in total. The third-order valence-corrected chi connectivity index (χ3v) is 5.34. The van der Waals surface area contributed by atoms with Crippen LogP contribution in [0.4, 0.5) is 10.1 Å². The molecule has 0 atom stereocenters. The van der Waals surface area contributed by atoms with Gasteiger partial charge in [-0.25, -0.2) is 4.39 Å². The van der Waals surface area contributed by atoms with Crippen LogP contribution in [-0.2, 0) is 0 Å². The molecule has 0 saturated heterocycles. The van der Waals surface area contributed by atoms with Crippen LogP contribution >= 0.6 is 43.2 Å². The number of anilines is 1. The molecule has 1 heterocycles. The van der Waals surface area contributed by atoms with Gasteiger partial charge < -0.3 is 5.32 Å². The van der Waals surface area contributed by atoms with Crippen LogP contribution in [0.25, 0.3) is 0 Å². The minimum absolute atomic E-state index is 0.233.